The number of ether oxygens (including phenoxy) is 3. The number of halogens is 2. The van der Waals surface area contributed by atoms with Crippen LogP contribution in [0.2, 0.25) is 10.0 Å². The molecule has 0 heterocycles. The van der Waals surface area contributed by atoms with Crippen molar-refractivity contribution in [3.8, 4) is 17.2 Å². The molecular weight excluding hydrogens is 421 g/mol. The third-order valence-electron chi connectivity index (χ3n) is 3.51. The summed E-state index contributed by atoms with van der Waals surface area (Å²) >= 11 is 11.7. The van der Waals surface area contributed by atoms with Gasteiger partial charge in [-0.3, -0.25) is 9.59 Å². The van der Waals surface area contributed by atoms with Crippen molar-refractivity contribution in [2.45, 2.75) is 0 Å². The minimum absolute atomic E-state index is 0.264. The van der Waals surface area contributed by atoms with E-state index < -0.39 is 11.8 Å². The predicted molar refractivity (Wildman–Crippen MR) is 110 cm³/mol. The molecule has 0 atom stereocenters. The molecular formula is C19H19Cl2N3O5. The molecule has 0 aliphatic carbocycles. The Kier molecular flexibility index (Phi) is 8.57. The molecule has 0 saturated heterocycles. The second kappa shape index (κ2) is 11.1. The summed E-state index contributed by atoms with van der Waals surface area (Å²) in [7, 11) is 3.06. The van der Waals surface area contributed by atoms with E-state index in [1.807, 2.05) is 0 Å². The molecule has 0 aromatic heterocycles. The van der Waals surface area contributed by atoms with Crippen LogP contribution < -0.4 is 25.0 Å². The second-order valence-corrected chi connectivity index (χ2v) is 6.39. The zero-order valence-electron chi connectivity index (χ0n) is 15.7. The number of hydrogen-bond acceptors (Lipinski definition) is 6. The maximum Gasteiger partial charge on any atom is 0.259 e. The lowest BCUT2D eigenvalue weighted by Crippen LogP contribution is -2.37. The first-order valence-corrected chi connectivity index (χ1v) is 9.07. The maximum atomic E-state index is 11.8. The molecule has 0 aliphatic rings. The fourth-order valence-electron chi connectivity index (χ4n) is 2.12. The predicted octanol–water partition coefficient (Wildman–Crippen LogP) is 2.66. The van der Waals surface area contributed by atoms with Gasteiger partial charge >= 0.3 is 0 Å². The molecule has 0 aliphatic heterocycles. The van der Waals surface area contributed by atoms with E-state index in [1.54, 1.807) is 30.3 Å². The van der Waals surface area contributed by atoms with Crippen LogP contribution in [-0.4, -0.2) is 45.4 Å². The van der Waals surface area contributed by atoms with E-state index in [9.17, 15) is 9.59 Å². The largest absolute Gasteiger partial charge is 0.493 e. The van der Waals surface area contributed by atoms with E-state index in [0.717, 1.165) is 0 Å². The van der Waals surface area contributed by atoms with Crippen LogP contribution in [-0.2, 0) is 9.59 Å². The van der Waals surface area contributed by atoms with Gasteiger partial charge in [0.05, 0.1) is 32.0 Å². The zero-order chi connectivity index (χ0) is 21.2. The van der Waals surface area contributed by atoms with Crippen molar-refractivity contribution in [1.29, 1.82) is 0 Å². The molecule has 2 rings (SSSR count). The van der Waals surface area contributed by atoms with Gasteiger partial charge < -0.3 is 19.5 Å². The Labute approximate surface area is 177 Å². The van der Waals surface area contributed by atoms with E-state index >= 15 is 0 Å². The van der Waals surface area contributed by atoms with Crippen molar-refractivity contribution >= 4 is 41.2 Å². The van der Waals surface area contributed by atoms with Crippen LogP contribution in [0.4, 0.5) is 0 Å². The molecule has 8 nitrogen and oxygen atoms in total. The van der Waals surface area contributed by atoms with Crippen molar-refractivity contribution in [1.82, 2.24) is 10.7 Å². The number of rotatable bonds is 9. The molecule has 2 amide bonds. The highest BCUT2D eigenvalue weighted by Gasteiger charge is 2.08. The van der Waals surface area contributed by atoms with E-state index in [1.165, 1.54) is 26.5 Å². The van der Waals surface area contributed by atoms with Gasteiger partial charge in [0.2, 0.25) is 0 Å². The topological polar surface area (TPSA) is 98.2 Å². The van der Waals surface area contributed by atoms with Crippen LogP contribution in [0.1, 0.15) is 5.56 Å². The minimum Gasteiger partial charge on any atom is -0.493 e. The number of benzene rings is 2. The first kappa shape index (κ1) is 22.3. The zero-order valence-corrected chi connectivity index (χ0v) is 17.2. The molecule has 2 aromatic rings. The fraction of sp³-hybridized carbons (Fsp3) is 0.211. The number of methoxy groups -OCH3 is 2. The van der Waals surface area contributed by atoms with Gasteiger partial charge in [-0.2, -0.15) is 5.10 Å². The van der Waals surface area contributed by atoms with Crippen LogP contribution in [0.25, 0.3) is 0 Å². The monoisotopic (exact) mass is 439 g/mol. The molecule has 0 spiro atoms. The Bertz CT molecular complexity index is 905. The first-order valence-electron chi connectivity index (χ1n) is 8.31. The van der Waals surface area contributed by atoms with Gasteiger partial charge in [0.15, 0.2) is 18.1 Å². The van der Waals surface area contributed by atoms with Crippen LogP contribution in [0.3, 0.4) is 0 Å². The molecule has 0 unspecified atom stereocenters. The summed E-state index contributed by atoms with van der Waals surface area (Å²) in [6.07, 6.45) is 1.44. The van der Waals surface area contributed by atoms with Crippen LogP contribution in [0.15, 0.2) is 41.5 Å². The molecule has 2 aromatic carbocycles. The summed E-state index contributed by atoms with van der Waals surface area (Å²) in [5.74, 6) is 0.444. The molecule has 10 heteroatoms. The number of hydrazone groups is 1. The Morgan fingerprint density at radius 3 is 2.41 bits per heavy atom. The van der Waals surface area contributed by atoms with Crippen LogP contribution in [0.5, 0.6) is 17.2 Å². The lowest BCUT2D eigenvalue weighted by Gasteiger charge is -2.08. The van der Waals surface area contributed by atoms with Gasteiger partial charge in [-0.05, 0) is 42.0 Å². The molecule has 0 fully saturated rings. The average molecular weight is 440 g/mol. The third-order valence-corrected chi connectivity index (χ3v) is 4.04. The SMILES string of the molecule is COc1ccc(/C=N/NC(=O)CNC(=O)COc2ccc(Cl)cc2Cl)cc1OC. The summed E-state index contributed by atoms with van der Waals surface area (Å²) in [6.45, 7) is -0.566. The smallest absolute Gasteiger partial charge is 0.259 e. The summed E-state index contributed by atoms with van der Waals surface area (Å²) in [6, 6.07) is 9.81. The second-order valence-electron chi connectivity index (χ2n) is 5.55. The average Bonchev–Trinajstić information content (AvgIpc) is 2.71. The molecule has 2 N–H and O–H groups in total. The van der Waals surface area contributed by atoms with Crippen molar-refractivity contribution in [3.05, 3.63) is 52.0 Å². The number of carbonyl (C=O) groups excluding carboxylic acids is 2. The number of amides is 2. The number of nitrogens with one attached hydrogen (secondary N) is 2. The molecule has 0 saturated carbocycles. The van der Waals surface area contributed by atoms with Crippen LogP contribution in [0, 0.1) is 0 Å². The van der Waals surface area contributed by atoms with Crippen molar-refractivity contribution < 1.29 is 23.8 Å². The Balaban J connectivity index is 1.75. The van der Waals surface area contributed by atoms with E-state index in [4.69, 9.17) is 37.4 Å². The van der Waals surface area contributed by atoms with Gasteiger partial charge in [-0.15, -0.1) is 0 Å². The molecule has 29 heavy (non-hydrogen) atoms. The van der Waals surface area contributed by atoms with Gasteiger partial charge in [0.25, 0.3) is 11.8 Å². The van der Waals surface area contributed by atoms with Gasteiger partial charge in [-0.1, -0.05) is 23.2 Å². The van der Waals surface area contributed by atoms with E-state index in [-0.39, 0.29) is 18.2 Å². The Morgan fingerprint density at radius 1 is 1.00 bits per heavy atom. The van der Waals surface area contributed by atoms with Gasteiger partial charge in [0, 0.05) is 5.02 Å². The van der Waals surface area contributed by atoms with Crippen molar-refractivity contribution in [2.24, 2.45) is 5.10 Å². The number of nitrogens with zero attached hydrogens (tertiary/aromatic N) is 1. The Hall–Kier alpha value is -2.97. The first-order chi connectivity index (χ1) is 13.9. The van der Waals surface area contributed by atoms with Gasteiger partial charge in [-0.25, -0.2) is 5.43 Å². The summed E-state index contributed by atoms with van der Waals surface area (Å²) in [5.41, 5.74) is 3.00. The van der Waals surface area contributed by atoms with E-state index in [2.05, 4.69) is 15.8 Å². The van der Waals surface area contributed by atoms with Crippen molar-refractivity contribution in [2.75, 3.05) is 27.4 Å². The lowest BCUT2D eigenvalue weighted by atomic mass is 10.2. The van der Waals surface area contributed by atoms with Crippen LogP contribution >= 0.6 is 23.2 Å². The molecule has 154 valence electrons. The van der Waals surface area contributed by atoms with Gasteiger partial charge in [0.1, 0.15) is 5.75 Å². The molecule has 0 bridgehead atoms. The highest BCUT2D eigenvalue weighted by Crippen LogP contribution is 2.27. The normalized spacial score (nSPS) is 10.5. The molecule has 0 radical (unpaired) electrons. The fourth-order valence-corrected chi connectivity index (χ4v) is 2.58. The Morgan fingerprint density at radius 2 is 1.72 bits per heavy atom. The summed E-state index contributed by atoms with van der Waals surface area (Å²) in [5, 5.41) is 6.98. The quantitative estimate of drug-likeness (QED) is 0.462. The lowest BCUT2D eigenvalue weighted by molar-refractivity contribution is -0.127. The number of hydrogen-bond donors (Lipinski definition) is 2. The summed E-state index contributed by atoms with van der Waals surface area (Å²) in [4.78, 5) is 23.5. The summed E-state index contributed by atoms with van der Waals surface area (Å²) < 4.78 is 15.6. The van der Waals surface area contributed by atoms with E-state index in [0.29, 0.717) is 27.8 Å². The standard InChI is InChI=1S/C19H19Cl2N3O5/c1-27-16-5-3-12(7-17(16)28-2)9-23-24-18(25)10-22-19(26)11-29-15-6-4-13(20)8-14(15)21/h3-9H,10-11H2,1-2H3,(H,22,26)(H,24,25)/b23-9+. The maximum absolute atomic E-state index is 11.8. The minimum atomic E-state index is -0.500. The highest BCUT2D eigenvalue weighted by molar-refractivity contribution is 6.35. The van der Waals surface area contributed by atoms with Crippen molar-refractivity contribution in [3.63, 3.8) is 0 Å². The third kappa shape index (κ3) is 7.17. The number of carbonyl (C=O) groups is 2. The highest BCUT2D eigenvalue weighted by atomic mass is 35.5.